The van der Waals surface area contributed by atoms with Gasteiger partial charge in [-0.25, -0.2) is 0 Å². The van der Waals surface area contributed by atoms with Crippen molar-refractivity contribution in [3.63, 3.8) is 0 Å². The Hall–Kier alpha value is -2.93. The Balaban J connectivity index is 1.59. The number of hydrogen-bond donors (Lipinski definition) is 7. The summed E-state index contributed by atoms with van der Waals surface area (Å²) in [5, 5.41) is 69.0. The van der Waals surface area contributed by atoms with Crippen molar-refractivity contribution in [2.75, 3.05) is 6.61 Å². The van der Waals surface area contributed by atoms with Gasteiger partial charge in [-0.3, -0.25) is 4.79 Å². The molecule has 1 aromatic carbocycles. The number of fused-ring (bicyclic) bond motifs is 1. The van der Waals surface area contributed by atoms with Crippen molar-refractivity contribution in [3.05, 3.63) is 52.1 Å². The lowest BCUT2D eigenvalue weighted by atomic mass is 9.97. The van der Waals surface area contributed by atoms with E-state index in [-0.39, 0.29) is 34.7 Å². The number of aliphatic hydroxyl groups excluding tert-OH is 5. The Bertz CT molecular complexity index is 1130. The predicted molar refractivity (Wildman–Crippen MR) is 108 cm³/mol. The van der Waals surface area contributed by atoms with E-state index in [4.69, 9.17) is 13.9 Å². The third-order valence-corrected chi connectivity index (χ3v) is 5.45. The van der Waals surface area contributed by atoms with E-state index in [2.05, 4.69) is 0 Å². The molecule has 4 rings (SSSR count). The second-order valence-corrected chi connectivity index (χ2v) is 7.62. The molecule has 0 spiro atoms. The zero-order valence-corrected chi connectivity index (χ0v) is 16.5. The summed E-state index contributed by atoms with van der Waals surface area (Å²) < 4.78 is 16.6. The molecule has 7 N–H and O–H groups in total. The highest BCUT2D eigenvalue weighted by Gasteiger charge is 2.45. The van der Waals surface area contributed by atoms with Crippen LogP contribution in [-0.2, 0) is 9.47 Å². The third-order valence-electron chi connectivity index (χ3n) is 5.45. The number of benzene rings is 1. The minimum atomic E-state index is -1.65. The first-order valence-electron chi connectivity index (χ1n) is 9.75. The number of aliphatic hydroxyl groups is 5. The van der Waals surface area contributed by atoms with Crippen LogP contribution in [0.4, 0.5) is 0 Å². The van der Waals surface area contributed by atoms with Crippen LogP contribution in [-0.4, -0.2) is 79.2 Å². The van der Waals surface area contributed by atoms with Crippen LogP contribution < -0.4 is 5.43 Å². The fourth-order valence-electron chi connectivity index (χ4n) is 3.72. The van der Waals surface area contributed by atoms with Crippen molar-refractivity contribution in [2.24, 2.45) is 0 Å². The van der Waals surface area contributed by atoms with Gasteiger partial charge < -0.3 is 49.6 Å². The molecule has 11 nitrogen and oxygen atoms in total. The zero-order chi connectivity index (χ0) is 23.2. The lowest BCUT2D eigenvalue weighted by Crippen LogP contribution is -2.59. The summed E-state index contributed by atoms with van der Waals surface area (Å²) in [6.07, 6.45) is -5.84. The first-order chi connectivity index (χ1) is 15.2. The molecule has 172 valence electrons. The topological polar surface area (TPSA) is 190 Å². The van der Waals surface area contributed by atoms with Gasteiger partial charge in [-0.1, -0.05) is 6.08 Å². The number of rotatable bonds is 4. The Morgan fingerprint density at radius 2 is 1.75 bits per heavy atom. The lowest BCUT2D eigenvalue weighted by molar-refractivity contribution is -0.309. The van der Waals surface area contributed by atoms with Crippen molar-refractivity contribution in [1.29, 1.82) is 0 Å². The Morgan fingerprint density at radius 3 is 2.47 bits per heavy atom. The fourth-order valence-corrected chi connectivity index (χ4v) is 3.72. The molecule has 0 bridgehead atoms. The van der Waals surface area contributed by atoms with Crippen LogP contribution in [0.25, 0.3) is 16.5 Å². The largest absolute Gasteiger partial charge is 0.510 e. The predicted octanol–water partition coefficient (Wildman–Crippen LogP) is -0.382. The van der Waals surface area contributed by atoms with E-state index in [1.165, 1.54) is 18.2 Å². The molecule has 2 heterocycles. The Kier molecular flexibility index (Phi) is 5.95. The van der Waals surface area contributed by atoms with Crippen LogP contribution >= 0.6 is 0 Å². The van der Waals surface area contributed by atoms with Gasteiger partial charge in [0.25, 0.3) is 0 Å². The van der Waals surface area contributed by atoms with Crippen molar-refractivity contribution >= 4 is 16.5 Å². The molecular weight excluding hydrogens is 428 g/mol. The van der Waals surface area contributed by atoms with Crippen LogP contribution in [0.2, 0.25) is 0 Å². The summed E-state index contributed by atoms with van der Waals surface area (Å²) in [7, 11) is 0. The molecular formula is C21H22O11. The second kappa shape index (κ2) is 8.54. The highest BCUT2D eigenvalue weighted by molar-refractivity contribution is 5.85. The number of phenols is 2. The van der Waals surface area contributed by atoms with Gasteiger partial charge in [-0.05, 0) is 11.6 Å². The summed E-state index contributed by atoms with van der Waals surface area (Å²) in [5.74, 6) is -0.864. The van der Waals surface area contributed by atoms with Gasteiger partial charge in [0.15, 0.2) is 11.7 Å². The number of hydrogen-bond acceptors (Lipinski definition) is 11. The Labute approximate surface area is 180 Å². The maximum atomic E-state index is 12.5. The van der Waals surface area contributed by atoms with Crippen LogP contribution in [0.5, 0.6) is 11.5 Å². The van der Waals surface area contributed by atoms with E-state index in [9.17, 15) is 40.5 Å². The number of aromatic hydroxyl groups is 2. The van der Waals surface area contributed by atoms with Crippen LogP contribution in [0.3, 0.4) is 0 Å². The molecule has 1 aromatic heterocycles. The van der Waals surface area contributed by atoms with Gasteiger partial charge in [0.05, 0.1) is 6.61 Å². The second-order valence-electron chi connectivity index (χ2n) is 7.62. The van der Waals surface area contributed by atoms with Gasteiger partial charge in [0.1, 0.15) is 64.5 Å². The summed E-state index contributed by atoms with van der Waals surface area (Å²) >= 11 is 0. The molecule has 11 heteroatoms. The SMILES string of the molecule is O=c1cc(C2=CC=C(O)C(OC3OC(CO)C(O)C(O)C3O)C2)oc2cc(O)cc(O)c12. The lowest BCUT2D eigenvalue weighted by Gasteiger charge is -2.41. The van der Waals surface area contributed by atoms with Crippen LogP contribution in [0.15, 0.2) is 45.3 Å². The molecule has 0 amide bonds. The number of phenolic OH excluding ortho intramolecular Hbond substituents is 2. The summed E-state index contributed by atoms with van der Waals surface area (Å²) in [6.45, 7) is -0.635. The summed E-state index contributed by atoms with van der Waals surface area (Å²) in [4.78, 5) is 12.5. The van der Waals surface area contributed by atoms with Gasteiger partial charge in [0.2, 0.25) is 0 Å². The quantitative estimate of drug-likeness (QED) is 0.321. The van der Waals surface area contributed by atoms with E-state index in [0.29, 0.717) is 5.57 Å². The zero-order valence-electron chi connectivity index (χ0n) is 16.5. The molecule has 2 aliphatic rings. The highest BCUT2D eigenvalue weighted by Crippen LogP contribution is 2.34. The van der Waals surface area contributed by atoms with E-state index >= 15 is 0 Å². The average Bonchev–Trinajstić information content (AvgIpc) is 2.74. The Morgan fingerprint density at radius 1 is 1.00 bits per heavy atom. The number of ether oxygens (including phenoxy) is 2. The summed E-state index contributed by atoms with van der Waals surface area (Å²) in [6, 6.07) is 3.34. The van der Waals surface area contributed by atoms with Gasteiger partial charge in [-0.2, -0.15) is 0 Å². The molecule has 1 fully saturated rings. The van der Waals surface area contributed by atoms with Gasteiger partial charge in [0, 0.05) is 24.6 Å². The maximum absolute atomic E-state index is 12.5. The molecule has 6 atom stereocenters. The maximum Gasteiger partial charge on any atom is 0.197 e. The minimum Gasteiger partial charge on any atom is -0.510 e. The van der Waals surface area contributed by atoms with E-state index in [0.717, 1.165) is 12.1 Å². The first-order valence-corrected chi connectivity index (χ1v) is 9.75. The normalized spacial score (nSPS) is 30.8. The van der Waals surface area contributed by atoms with Crippen molar-refractivity contribution in [1.82, 2.24) is 0 Å². The standard InChI is InChI=1S/C21H22O11/c22-7-16-18(27)19(28)20(29)21(32-16)31-14-3-8(1-2-10(14)24)13-6-12(26)17-11(25)4-9(23)5-15(17)30-13/h1-2,4-6,14,16,18-25,27-29H,3,7H2. The first kappa shape index (κ1) is 22.3. The molecule has 6 unspecified atom stereocenters. The van der Waals surface area contributed by atoms with E-state index in [1.807, 2.05) is 0 Å². The molecule has 1 saturated heterocycles. The summed E-state index contributed by atoms with van der Waals surface area (Å²) in [5.41, 5.74) is -0.180. The molecule has 0 radical (unpaired) electrons. The van der Waals surface area contributed by atoms with Crippen LogP contribution in [0.1, 0.15) is 12.2 Å². The smallest absolute Gasteiger partial charge is 0.197 e. The van der Waals surface area contributed by atoms with E-state index < -0.39 is 54.6 Å². The highest BCUT2D eigenvalue weighted by atomic mass is 16.7. The van der Waals surface area contributed by atoms with Gasteiger partial charge >= 0.3 is 0 Å². The third kappa shape index (κ3) is 3.97. The number of allylic oxidation sites excluding steroid dienone is 2. The van der Waals surface area contributed by atoms with Crippen molar-refractivity contribution in [2.45, 2.75) is 43.2 Å². The molecule has 1 aliphatic carbocycles. The molecule has 1 aliphatic heterocycles. The van der Waals surface area contributed by atoms with Gasteiger partial charge in [-0.15, -0.1) is 0 Å². The van der Waals surface area contributed by atoms with Crippen molar-refractivity contribution in [3.8, 4) is 11.5 Å². The van der Waals surface area contributed by atoms with Crippen LogP contribution in [0, 0.1) is 0 Å². The average molecular weight is 450 g/mol. The van der Waals surface area contributed by atoms with E-state index in [1.54, 1.807) is 0 Å². The molecule has 32 heavy (non-hydrogen) atoms. The fraction of sp³-hybridized carbons (Fsp3) is 0.381. The molecule has 0 saturated carbocycles. The minimum absolute atomic E-state index is 0.0312. The monoisotopic (exact) mass is 450 g/mol. The van der Waals surface area contributed by atoms with Crippen molar-refractivity contribution < 1.29 is 49.6 Å². The molecule has 2 aromatic rings.